The molecule has 2 aromatic heterocycles. The Bertz CT molecular complexity index is 938. The Balaban J connectivity index is 1.49. The highest BCUT2D eigenvalue weighted by Gasteiger charge is 2.40. The summed E-state index contributed by atoms with van der Waals surface area (Å²) < 4.78 is 30.3. The summed E-state index contributed by atoms with van der Waals surface area (Å²) in [5, 5.41) is 13.2. The second kappa shape index (κ2) is 6.39. The monoisotopic (exact) mass is 393 g/mol. The molecule has 2 saturated heterocycles. The van der Waals surface area contributed by atoms with Crippen LogP contribution in [0.15, 0.2) is 12.1 Å². The van der Waals surface area contributed by atoms with Crippen LogP contribution in [0.25, 0.3) is 5.65 Å². The Hall–Kier alpha value is -1.78. The van der Waals surface area contributed by atoms with Crippen LogP contribution in [0.2, 0.25) is 0 Å². The van der Waals surface area contributed by atoms with E-state index >= 15 is 0 Å². The fourth-order valence-electron chi connectivity index (χ4n) is 3.58. The Morgan fingerprint density at radius 1 is 1.11 bits per heavy atom. The van der Waals surface area contributed by atoms with Gasteiger partial charge in [-0.05, 0) is 25.0 Å². The van der Waals surface area contributed by atoms with Crippen molar-refractivity contribution in [3.05, 3.63) is 18.0 Å². The quantitative estimate of drug-likeness (QED) is 0.766. The van der Waals surface area contributed by atoms with Crippen molar-refractivity contribution >= 4 is 21.7 Å². The van der Waals surface area contributed by atoms with Gasteiger partial charge in [0.2, 0.25) is 0 Å². The predicted octanol–water partition coefficient (Wildman–Crippen LogP) is 0.883. The minimum absolute atomic E-state index is 0.0314. The third kappa shape index (κ3) is 3.19. The largest absolute Gasteiger partial charge is 0.352 e. The molecule has 2 aromatic rings. The number of nitrogens with zero attached hydrogens (tertiary/aromatic N) is 7. The van der Waals surface area contributed by atoms with Gasteiger partial charge in [0.05, 0.1) is 6.04 Å². The van der Waals surface area contributed by atoms with E-state index in [1.54, 1.807) is 15.9 Å². The van der Waals surface area contributed by atoms with Crippen molar-refractivity contribution in [1.82, 2.24) is 28.4 Å². The zero-order valence-corrected chi connectivity index (χ0v) is 17.1. The van der Waals surface area contributed by atoms with Crippen LogP contribution in [-0.2, 0) is 15.6 Å². The van der Waals surface area contributed by atoms with Gasteiger partial charge < -0.3 is 4.90 Å². The van der Waals surface area contributed by atoms with Gasteiger partial charge in [-0.1, -0.05) is 20.8 Å². The van der Waals surface area contributed by atoms with Gasteiger partial charge in [0, 0.05) is 38.6 Å². The molecule has 0 aliphatic carbocycles. The molecule has 148 valence electrons. The van der Waals surface area contributed by atoms with Crippen LogP contribution in [-0.4, -0.2) is 76.1 Å². The number of likely N-dealkylation sites (N-methyl/N-ethyl adjacent to an activating group) is 1. The zero-order valence-electron chi connectivity index (χ0n) is 16.3. The first kappa shape index (κ1) is 18.6. The van der Waals surface area contributed by atoms with E-state index in [9.17, 15) is 8.42 Å². The fraction of sp³-hybridized carbons (Fsp3) is 0.706. The van der Waals surface area contributed by atoms with Crippen molar-refractivity contribution in [3.8, 4) is 0 Å². The first-order valence-electron chi connectivity index (χ1n) is 9.39. The normalized spacial score (nSPS) is 20.0. The van der Waals surface area contributed by atoms with Crippen LogP contribution in [0, 0.1) is 0 Å². The lowest BCUT2D eigenvalue weighted by molar-refractivity contribution is 0.287. The molecule has 0 unspecified atom stereocenters. The van der Waals surface area contributed by atoms with Gasteiger partial charge in [0.15, 0.2) is 11.5 Å². The van der Waals surface area contributed by atoms with Gasteiger partial charge in [0.25, 0.3) is 10.2 Å². The molecule has 0 N–H and O–H groups in total. The molecule has 2 fully saturated rings. The topological polar surface area (TPSA) is 86.9 Å². The third-order valence-electron chi connectivity index (χ3n) is 5.38. The Labute approximate surface area is 160 Å². The maximum Gasteiger partial charge on any atom is 0.282 e. The first-order valence-corrected chi connectivity index (χ1v) is 10.8. The second-order valence-corrected chi connectivity index (χ2v) is 10.4. The van der Waals surface area contributed by atoms with Gasteiger partial charge in [-0.25, -0.2) is 0 Å². The van der Waals surface area contributed by atoms with E-state index in [4.69, 9.17) is 5.10 Å². The summed E-state index contributed by atoms with van der Waals surface area (Å²) in [7, 11) is -1.68. The fourth-order valence-corrected chi connectivity index (χ4v) is 5.17. The highest BCUT2D eigenvalue weighted by molar-refractivity contribution is 7.86. The lowest BCUT2D eigenvalue weighted by Crippen LogP contribution is -2.61. The molecule has 2 aliphatic heterocycles. The van der Waals surface area contributed by atoms with Gasteiger partial charge in [-0.3, -0.25) is 0 Å². The molecule has 0 radical (unpaired) electrons. The summed E-state index contributed by atoms with van der Waals surface area (Å²) >= 11 is 0. The van der Waals surface area contributed by atoms with Gasteiger partial charge >= 0.3 is 0 Å². The number of fused-ring (bicyclic) bond motifs is 1. The number of hydrogen-bond acceptors (Lipinski definition) is 6. The van der Waals surface area contributed by atoms with Crippen LogP contribution < -0.4 is 4.90 Å². The predicted molar refractivity (Wildman–Crippen MR) is 103 cm³/mol. The van der Waals surface area contributed by atoms with E-state index in [1.807, 2.05) is 12.1 Å². The zero-order chi connectivity index (χ0) is 19.4. The molecular weight excluding hydrogens is 366 g/mol. The van der Waals surface area contributed by atoms with Gasteiger partial charge in [-0.15, -0.1) is 15.3 Å². The van der Waals surface area contributed by atoms with Crippen LogP contribution >= 0.6 is 0 Å². The molecule has 0 amide bonds. The van der Waals surface area contributed by atoms with Crippen LogP contribution in [0.1, 0.15) is 39.4 Å². The van der Waals surface area contributed by atoms with Crippen molar-refractivity contribution in [2.45, 2.75) is 45.1 Å². The summed E-state index contributed by atoms with van der Waals surface area (Å²) in [5.74, 6) is 1.63. The van der Waals surface area contributed by atoms with Crippen LogP contribution in [0.4, 0.5) is 5.82 Å². The van der Waals surface area contributed by atoms with Crippen molar-refractivity contribution < 1.29 is 8.42 Å². The first-order chi connectivity index (χ1) is 12.7. The van der Waals surface area contributed by atoms with E-state index in [-0.39, 0.29) is 11.5 Å². The molecule has 27 heavy (non-hydrogen) atoms. The molecule has 2 aliphatic rings. The van der Waals surface area contributed by atoms with E-state index < -0.39 is 10.2 Å². The number of hydrogen-bond donors (Lipinski definition) is 0. The minimum Gasteiger partial charge on any atom is -0.352 e. The Kier molecular flexibility index (Phi) is 4.39. The summed E-state index contributed by atoms with van der Waals surface area (Å²) in [6, 6.07) is 3.79. The summed E-state index contributed by atoms with van der Waals surface area (Å²) in [6.45, 7) is 8.76. The molecule has 9 nitrogen and oxygen atoms in total. The molecule has 0 bridgehead atoms. The van der Waals surface area contributed by atoms with Crippen LogP contribution in [0.5, 0.6) is 0 Å². The smallest absolute Gasteiger partial charge is 0.282 e. The number of aromatic nitrogens is 4. The minimum atomic E-state index is -3.36. The SMILES string of the molecule is CN(C1CN(c2ccc3nnc(C(C)(C)C)n3n2)C1)S(=O)(=O)N1CCCC1. The molecule has 4 rings (SSSR count). The van der Waals surface area contributed by atoms with E-state index in [0.29, 0.717) is 26.2 Å². The lowest BCUT2D eigenvalue weighted by Gasteiger charge is -2.44. The Morgan fingerprint density at radius 2 is 1.78 bits per heavy atom. The van der Waals surface area contributed by atoms with Crippen molar-refractivity contribution in [1.29, 1.82) is 0 Å². The lowest BCUT2D eigenvalue weighted by atomic mass is 9.96. The second-order valence-electron chi connectivity index (χ2n) is 8.42. The van der Waals surface area contributed by atoms with Crippen molar-refractivity contribution in [3.63, 3.8) is 0 Å². The summed E-state index contributed by atoms with van der Waals surface area (Å²) in [6.07, 6.45) is 1.89. The highest BCUT2D eigenvalue weighted by Crippen LogP contribution is 2.26. The molecule has 10 heteroatoms. The maximum absolute atomic E-state index is 12.7. The van der Waals surface area contributed by atoms with Crippen LogP contribution in [0.3, 0.4) is 0 Å². The van der Waals surface area contributed by atoms with Gasteiger partial charge in [0.1, 0.15) is 5.82 Å². The van der Waals surface area contributed by atoms with E-state index in [0.717, 1.165) is 30.1 Å². The Morgan fingerprint density at radius 3 is 2.41 bits per heavy atom. The molecule has 0 spiro atoms. The summed E-state index contributed by atoms with van der Waals surface area (Å²) in [5.41, 5.74) is 0.557. The summed E-state index contributed by atoms with van der Waals surface area (Å²) in [4.78, 5) is 2.09. The number of rotatable bonds is 4. The third-order valence-corrected chi connectivity index (χ3v) is 7.42. The standard InChI is InChI=1S/C17H27N7O2S/c1-17(2,3)16-19-18-14-7-8-15(20-24(14)16)22-11-13(12-22)21(4)27(25,26)23-9-5-6-10-23/h7-8,13H,5-6,9-12H2,1-4H3. The average Bonchev–Trinajstić information content (AvgIpc) is 3.22. The van der Waals surface area contributed by atoms with E-state index in [1.165, 1.54) is 4.31 Å². The number of anilines is 1. The van der Waals surface area contributed by atoms with E-state index in [2.05, 4.69) is 35.9 Å². The maximum atomic E-state index is 12.7. The molecular formula is C17H27N7O2S. The molecule has 4 heterocycles. The molecule has 0 atom stereocenters. The highest BCUT2D eigenvalue weighted by atomic mass is 32.2. The van der Waals surface area contributed by atoms with Gasteiger partial charge in [-0.2, -0.15) is 21.5 Å². The van der Waals surface area contributed by atoms with Crippen molar-refractivity contribution in [2.24, 2.45) is 0 Å². The molecule has 0 aromatic carbocycles. The average molecular weight is 394 g/mol. The van der Waals surface area contributed by atoms with Crippen molar-refractivity contribution in [2.75, 3.05) is 38.1 Å². The molecule has 0 saturated carbocycles.